The van der Waals surface area contributed by atoms with E-state index in [1.165, 1.54) is 0 Å². The van der Waals surface area contributed by atoms with Crippen LogP contribution in [0.4, 0.5) is 0 Å². The first-order chi connectivity index (χ1) is 7.38. The SMILES string of the molecule is O=P([O-])([O-])[O-].Oc1cccc2cccnc12. The van der Waals surface area contributed by atoms with Crippen LogP contribution in [0, 0.1) is 0 Å². The molecule has 0 amide bonds. The van der Waals surface area contributed by atoms with Gasteiger partial charge in [-0.15, -0.1) is 0 Å². The van der Waals surface area contributed by atoms with E-state index in [4.69, 9.17) is 19.2 Å². The average molecular weight is 240 g/mol. The van der Waals surface area contributed by atoms with Gasteiger partial charge in [0, 0.05) is 11.6 Å². The standard InChI is InChI=1S/C9H7NO.H3O4P/c11-8-5-1-3-7-4-2-6-10-9(7)8;1-5(2,3)4/h1-6,11H;(H3,1,2,3,4)/p-3. The van der Waals surface area contributed by atoms with Crippen molar-refractivity contribution in [3.63, 3.8) is 0 Å². The summed E-state index contributed by atoms with van der Waals surface area (Å²) in [6.45, 7) is 0. The number of aromatic nitrogens is 1. The predicted octanol–water partition coefficient (Wildman–Crippen LogP) is -0.884. The number of pyridine rings is 1. The normalized spacial score (nSPS) is 10.7. The third kappa shape index (κ3) is 4.37. The molecule has 0 saturated heterocycles. The zero-order valence-electron chi connectivity index (χ0n) is 7.94. The van der Waals surface area contributed by atoms with Crippen molar-refractivity contribution in [2.75, 3.05) is 0 Å². The fourth-order valence-electron chi connectivity index (χ4n) is 1.09. The highest BCUT2D eigenvalue weighted by Crippen LogP contribution is 2.20. The second-order valence-corrected chi connectivity index (χ2v) is 3.69. The molecule has 2 aromatic rings. The topological polar surface area (TPSA) is 119 Å². The van der Waals surface area contributed by atoms with Gasteiger partial charge in [0.15, 0.2) is 0 Å². The van der Waals surface area contributed by atoms with Crippen LogP contribution in [0.25, 0.3) is 10.9 Å². The monoisotopic (exact) mass is 240 g/mol. The molecule has 2 rings (SSSR count). The Balaban J connectivity index is 0.000000221. The third-order valence-electron chi connectivity index (χ3n) is 1.61. The van der Waals surface area contributed by atoms with Gasteiger partial charge in [-0.1, -0.05) is 18.2 Å². The fourth-order valence-corrected chi connectivity index (χ4v) is 1.09. The second kappa shape index (κ2) is 5.05. The minimum absolute atomic E-state index is 0.239. The lowest BCUT2D eigenvalue weighted by atomic mass is 10.2. The van der Waals surface area contributed by atoms with Gasteiger partial charge in [-0.3, -0.25) is 4.98 Å². The third-order valence-corrected chi connectivity index (χ3v) is 1.61. The van der Waals surface area contributed by atoms with Crippen molar-refractivity contribution in [2.24, 2.45) is 0 Å². The minimum Gasteiger partial charge on any atom is -0.822 e. The van der Waals surface area contributed by atoms with Crippen LogP contribution in [0.15, 0.2) is 36.5 Å². The van der Waals surface area contributed by atoms with Gasteiger partial charge in [0.2, 0.25) is 0 Å². The highest BCUT2D eigenvalue weighted by atomic mass is 31.2. The van der Waals surface area contributed by atoms with Crippen LogP contribution < -0.4 is 14.7 Å². The van der Waals surface area contributed by atoms with E-state index in [2.05, 4.69) is 4.98 Å². The van der Waals surface area contributed by atoms with Gasteiger partial charge in [0.05, 0.1) is 0 Å². The second-order valence-electron chi connectivity index (χ2n) is 2.80. The predicted molar refractivity (Wildman–Crippen MR) is 51.0 cm³/mol. The first-order valence-electron chi connectivity index (χ1n) is 4.14. The van der Waals surface area contributed by atoms with Crippen LogP contribution in [0.5, 0.6) is 5.75 Å². The molecule has 0 atom stereocenters. The van der Waals surface area contributed by atoms with Gasteiger partial charge >= 0.3 is 0 Å². The van der Waals surface area contributed by atoms with Crippen LogP contribution >= 0.6 is 7.82 Å². The van der Waals surface area contributed by atoms with Gasteiger partial charge in [-0.2, -0.15) is 7.82 Å². The number of para-hydroxylation sites is 1. The Morgan fingerprint density at radius 3 is 2.25 bits per heavy atom. The van der Waals surface area contributed by atoms with Crippen LogP contribution in [0.2, 0.25) is 0 Å². The van der Waals surface area contributed by atoms with Crippen LogP contribution in [0.1, 0.15) is 0 Å². The molecule has 7 heteroatoms. The Bertz CT molecular complexity index is 511. The van der Waals surface area contributed by atoms with Crippen molar-refractivity contribution in [1.29, 1.82) is 0 Å². The van der Waals surface area contributed by atoms with Crippen molar-refractivity contribution in [2.45, 2.75) is 0 Å². The zero-order valence-corrected chi connectivity index (χ0v) is 8.83. The molecule has 0 saturated carbocycles. The van der Waals surface area contributed by atoms with E-state index in [1.807, 2.05) is 18.2 Å². The molecule has 0 radical (unpaired) electrons. The molecule has 0 spiro atoms. The average Bonchev–Trinajstić information content (AvgIpc) is 2.16. The Morgan fingerprint density at radius 2 is 1.69 bits per heavy atom. The van der Waals surface area contributed by atoms with Crippen LogP contribution in [0.3, 0.4) is 0 Å². The molecule has 0 aliphatic rings. The van der Waals surface area contributed by atoms with Gasteiger partial charge in [0.1, 0.15) is 11.3 Å². The Hall–Kier alpha value is -1.46. The number of phenols is 1. The minimum atomic E-state index is -5.39. The molecule has 0 aliphatic carbocycles. The molecular formula is C9H7NO5P-3. The summed E-state index contributed by atoms with van der Waals surface area (Å²) in [5.74, 6) is 0.239. The maximum absolute atomic E-state index is 9.31. The number of fused-ring (bicyclic) bond motifs is 1. The Morgan fingerprint density at radius 1 is 1.12 bits per heavy atom. The van der Waals surface area contributed by atoms with Gasteiger partial charge in [0.25, 0.3) is 0 Å². The van der Waals surface area contributed by atoms with E-state index in [1.54, 1.807) is 18.3 Å². The summed E-state index contributed by atoms with van der Waals surface area (Å²) < 4.78 is 8.55. The van der Waals surface area contributed by atoms with Crippen LogP contribution in [-0.4, -0.2) is 10.1 Å². The van der Waals surface area contributed by atoms with Crippen molar-refractivity contribution in [3.8, 4) is 5.75 Å². The lowest BCUT2D eigenvalue weighted by Gasteiger charge is -2.36. The molecule has 0 fully saturated rings. The molecular weight excluding hydrogens is 233 g/mol. The summed E-state index contributed by atoms with van der Waals surface area (Å²) in [6.07, 6.45) is 1.67. The van der Waals surface area contributed by atoms with Crippen LogP contribution in [-0.2, 0) is 4.57 Å². The summed E-state index contributed by atoms with van der Waals surface area (Å²) in [7, 11) is -5.39. The van der Waals surface area contributed by atoms with Gasteiger partial charge < -0.3 is 24.4 Å². The molecule has 0 unspecified atom stereocenters. The molecule has 1 aromatic heterocycles. The number of aromatic hydroxyl groups is 1. The van der Waals surface area contributed by atoms with E-state index >= 15 is 0 Å². The summed E-state index contributed by atoms with van der Waals surface area (Å²) in [5, 5.41) is 10.3. The van der Waals surface area contributed by atoms with E-state index in [0.717, 1.165) is 5.39 Å². The van der Waals surface area contributed by atoms with Crippen molar-refractivity contribution in [1.82, 2.24) is 4.98 Å². The van der Waals surface area contributed by atoms with E-state index in [0.29, 0.717) is 5.52 Å². The molecule has 6 nitrogen and oxygen atoms in total. The lowest BCUT2D eigenvalue weighted by molar-refractivity contribution is -0.432. The number of hydrogen-bond donors (Lipinski definition) is 1. The quantitative estimate of drug-likeness (QED) is 0.597. The highest BCUT2D eigenvalue weighted by Gasteiger charge is 1.96. The number of phosphoric acid groups is 1. The maximum atomic E-state index is 9.31. The number of rotatable bonds is 0. The Labute approximate surface area is 91.1 Å². The zero-order chi connectivity index (χ0) is 12.2. The van der Waals surface area contributed by atoms with Crippen molar-refractivity contribution >= 4 is 18.7 Å². The fraction of sp³-hybridized carbons (Fsp3) is 0. The summed E-state index contributed by atoms with van der Waals surface area (Å²) in [6, 6.07) is 9.13. The number of phenolic OH excluding ortho intramolecular Hbond substituents is 1. The molecule has 1 aromatic carbocycles. The summed E-state index contributed by atoms with van der Waals surface area (Å²) in [5.41, 5.74) is 0.662. The van der Waals surface area contributed by atoms with Crippen molar-refractivity contribution < 1.29 is 24.4 Å². The van der Waals surface area contributed by atoms with E-state index < -0.39 is 7.82 Å². The molecule has 86 valence electrons. The molecule has 1 heterocycles. The molecule has 16 heavy (non-hydrogen) atoms. The number of nitrogens with zero attached hydrogens (tertiary/aromatic N) is 1. The highest BCUT2D eigenvalue weighted by molar-refractivity contribution is 7.40. The van der Waals surface area contributed by atoms with E-state index in [9.17, 15) is 5.11 Å². The first-order valence-corrected chi connectivity index (χ1v) is 5.60. The number of hydrogen-bond acceptors (Lipinski definition) is 6. The summed E-state index contributed by atoms with van der Waals surface area (Å²) in [4.78, 5) is 29.7. The number of benzene rings is 1. The first kappa shape index (κ1) is 12.6. The largest absolute Gasteiger partial charge is 0.822 e. The van der Waals surface area contributed by atoms with Gasteiger partial charge in [-0.25, -0.2) is 0 Å². The van der Waals surface area contributed by atoms with E-state index in [-0.39, 0.29) is 5.75 Å². The lowest BCUT2D eigenvalue weighted by Crippen LogP contribution is -2.24. The molecule has 1 N–H and O–H groups in total. The Kier molecular flexibility index (Phi) is 3.98. The van der Waals surface area contributed by atoms with Crippen molar-refractivity contribution in [3.05, 3.63) is 36.5 Å². The molecule has 0 bridgehead atoms. The summed E-state index contributed by atoms with van der Waals surface area (Å²) >= 11 is 0. The maximum Gasteiger partial charge on any atom is 0.141 e. The van der Waals surface area contributed by atoms with Gasteiger partial charge in [-0.05, 0) is 12.1 Å². The molecule has 0 aliphatic heterocycles. The smallest absolute Gasteiger partial charge is 0.141 e.